The van der Waals surface area contributed by atoms with Crippen LogP contribution in [0.25, 0.3) is 0 Å². The molecule has 3 rings (SSSR count). The summed E-state index contributed by atoms with van der Waals surface area (Å²) in [5, 5.41) is 0. The summed E-state index contributed by atoms with van der Waals surface area (Å²) in [5.74, 6) is 1.23. The largest absolute Gasteiger partial charge is 0.496 e. The smallest absolute Gasteiger partial charge is 0.322 e. The van der Waals surface area contributed by atoms with Crippen molar-refractivity contribution in [3.05, 3.63) is 66.0 Å². The molecule has 0 saturated carbocycles. The zero-order valence-corrected chi connectivity index (χ0v) is 15.9. The molecule has 140 valence electrons. The fraction of sp³-hybridized carbons (Fsp3) is 0.158. The molecule has 0 fully saturated rings. The molecule has 2 aromatic carbocycles. The summed E-state index contributed by atoms with van der Waals surface area (Å²) in [6, 6.07) is 12.3. The predicted octanol–water partition coefficient (Wildman–Crippen LogP) is 3.70. The maximum atomic E-state index is 12.7. The normalized spacial score (nSPS) is 11.1. The summed E-state index contributed by atoms with van der Waals surface area (Å²) >= 11 is 0. The van der Waals surface area contributed by atoms with Crippen LogP contribution in [-0.2, 0) is 10.0 Å². The summed E-state index contributed by atoms with van der Waals surface area (Å²) in [6.07, 6.45) is 2.71. The highest BCUT2D eigenvalue weighted by Gasteiger charge is 2.20. The van der Waals surface area contributed by atoms with E-state index in [4.69, 9.17) is 9.47 Å². The lowest BCUT2D eigenvalue weighted by Crippen LogP contribution is -2.15. The SMILES string of the molecule is COc1ccc(S(=O)(=O)Nc2cnc(Oc3ccccc3)nc2)c(C)c1C. The molecule has 7 nitrogen and oxygen atoms in total. The number of hydrogen-bond donors (Lipinski definition) is 1. The zero-order valence-electron chi connectivity index (χ0n) is 15.1. The van der Waals surface area contributed by atoms with E-state index in [0.717, 1.165) is 5.56 Å². The molecule has 0 saturated heterocycles. The van der Waals surface area contributed by atoms with E-state index in [1.807, 2.05) is 25.1 Å². The first-order valence-electron chi connectivity index (χ1n) is 8.12. The Bertz CT molecular complexity index is 1040. The fourth-order valence-corrected chi connectivity index (χ4v) is 3.84. The van der Waals surface area contributed by atoms with Crippen molar-refractivity contribution in [2.75, 3.05) is 11.8 Å². The molecular formula is C19H19N3O4S. The third-order valence-corrected chi connectivity index (χ3v) is 5.56. The molecule has 27 heavy (non-hydrogen) atoms. The van der Waals surface area contributed by atoms with Crippen LogP contribution >= 0.6 is 0 Å². The summed E-state index contributed by atoms with van der Waals surface area (Å²) < 4.78 is 38.6. The lowest BCUT2D eigenvalue weighted by Gasteiger charge is -2.14. The van der Waals surface area contributed by atoms with Gasteiger partial charge in [-0.1, -0.05) is 18.2 Å². The molecule has 0 unspecified atom stereocenters. The van der Waals surface area contributed by atoms with Gasteiger partial charge in [0.15, 0.2) is 0 Å². The number of methoxy groups -OCH3 is 1. The number of anilines is 1. The lowest BCUT2D eigenvalue weighted by atomic mass is 10.1. The molecule has 8 heteroatoms. The van der Waals surface area contributed by atoms with E-state index in [2.05, 4.69) is 14.7 Å². The van der Waals surface area contributed by atoms with Gasteiger partial charge in [0.1, 0.15) is 11.5 Å². The van der Waals surface area contributed by atoms with E-state index in [-0.39, 0.29) is 16.6 Å². The van der Waals surface area contributed by atoms with Gasteiger partial charge >= 0.3 is 6.01 Å². The van der Waals surface area contributed by atoms with Gasteiger partial charge in [-0.15, -0.1) is 0 Å². The van der Waals surface area contributed by atoms with Gasteiger partial charge in [0.25, 0.3) is 10.0 Å². The number of nitrogens with one attached hydrogen (secondary N) is 1. The van der Waals surface area contributed by atoms with Crippen LogP contribution in [0.3, 0.4) is 0 Å². The van der Waals surface area contributed by atoms with Crippen LogP contribution in [0.15, 0.2) is 59.8 Å². The van der Waals surface area contributed by atoms with Crippen LogP contribution < -0.4 is 14.2 Å². The predicted molar refractivity (Wildman–Crippen MR) is 102 cm³/mol. The molecule has 0 radical (unpaired) electrons. The van der Waals surface area contributed by atoms with Crippen LogP contribution in [0, 0.1) is 13.8 Å². The second-order valence-corrected chi connectivity index (χ2v) is 7.44. The Hall–Kier alpha value is -3.13. The Balaban J connectivity index is 1.79. The number of ether oxygens (including phenoxy) is 2. The quantitative estimate of drug-likeness (QED) is 0.696. The van der Waals surface area contributed by atoms with Crippen LogP contribution in [-0.4, -0.2) is 25.5 Å². The number of aromatic nitrogens is 2. The van der Waals surface area contributed by atoms with Crippen molar-refractivity contribution >= 4 is 15.7 Å². The van der Waals surface area contributed by atoms with Gasteiger partial charge in [-0.2, -0.15) is 0 Å². The van der Waals surface area contributed by atoms with Crippen molar-refractivity contribution in [3.63, 3.8) is 0 Å². The van der Waals surface area contributed by atoms with Crippen molar-refractivity contribution in [2.45, 2.75) is 18.7 Å². The van der Waals surface area contributed by atoms with E-state index in [0.29, 0.717) is 17.1 Å². The fourth-order valence-electron chi connectivity index (χ4n) is 2.51. The minimum atomic E-state index is -3.79. The number of para-hydroxylation sites is 1. The lowest BCUT2D eigenvalue weighted by molar-refractivity contribution is 0.410. The van der Waals surface area contributed by atoms with Gasteiger partial charge in [0.05, 0.1) is 30.1 Å². The highest BCUT2D eigenvalue weighted by molar-refractivity contribution is 7.92. The first-order valence-corrected chi connectivity index (χ1v) is 9.61. The number of nitrogens with zero attached hydrogens (tertiary/aromatic N) is 2. The molecule has 1 aromatic heterocycles. The molecule has 0 aliphatic carbocycles. The first-order chi connectivity index (χ1) is 12.9. The van der Waals surface area contributed by atoms with Gasteiger partial charge in [-0.25, -0.2) is 18.4 Å². The second kappa shape index (κ2) is 7.63. The van der Waals surface area contributed by atoms with Gasteiger partial charge in [-0.3, -0.25) is 4.72 Å². The van der Waals surface area contributed by atoms with E-state index < -0.39 is 10.0 Å². The monoisotopic (exact) mass is 385 g/mol. The number of sulfonamides is 1. The Labute approximate surface area is 158 Å². The minimum absolute atomic E-state index is 0.126. The van der Waals surface area contributed by atoms with Crippen molar-refractivity contribution < 1.29 is 17.9 Å². The Morgan fingerprint density at radius 3 is 2.22 bits per heavy atom. The van der Waals surface area contributed by atoms with Crippen molar-refractivity contribution in [2.24, 2.45) is 0 Å². The molecule has 0 spiro atoms. The van der Waals surface area contributed by atoms with Crippen molar-refractivity contribution in [1.29, 1.82) is 0 Å². The highest BCUT2D eigenvalue weighted by Crippen LogP contribution is 2.28. The van der Waals surface area contributed by atoms with Crippen molar-refractivity contribution in [1.82, 2.24) is 9.97 Å². The minimum Gasteiger partial charge on any atom is -0.496 e. The molecule has 3 aromatic rings. The van der Waals surface area contributed by atoms with Gasteiger partial charge < -0.3 is 9.47 Å². The maximum absolute atomic E-state index is 12.7. The first kappa shape index (κ1) is 18.7. The third-order valence-electron chi connectivity index (χ3n) is 4.03. The molecule has 0 aliphatic heterocycles. The molecule has 0 amide bonds. The summed E-state index contributed by atoms with van der Waals surface area (Å²) in [4.78, 5) is 8.25. The highest BCUT2D eigenvalue weighted by atomic mass is 32.2. The zero-order chi connectivity index (χ0) is 19.4. The number of hydrogen-bond acceptors (Lipinski definition) is 6. The van der Waals surface area contributed by atoms with Crippen LogP contribution in [0.1, 0.15) is 11.1 Å². The van der Waals surface area contributed by atoms with E-state index in [1.165, 1.54) is 18.5 Å². The van der Waals surface area contributed by atoms with Gasteiger partial charge in [0, 0.05) is 0 Å². The molecule has 0 bridgehead atoms. The molecular weight excluding hydrogens is 366 g/mol. The molecule has 1 N–H and O–H groups in total. The summed E-state index contributed by atoms with van der Waals surface area (Å²) in [7, 11) is -2.24. The van der Waals surface area contributed by atoms with Crippen LogP contribution in [0.5, 0.6) is 17.5 Å². The molecule has 0 aliphatic rings. The number of rotatable bonds is 6. The van der Waals surface area contributed by atoms with E-state index in [9.17, 15) is 8.42 Å². The standard InChI is InChI=1S/C19H19N3O4S/c1-13-14(2)18(10-9-17(13)25-3)27(23,24)22-15-11-20-19(21-12-15)26-16-7-5-4-6-8-16/h4-12,22H,1-3H3. The average molecular weight is 385 g/mol. The summed E-state index contributed by atoms with van der Waals surface area (Å²) in [6.45, 7) is 3.55. The molecule has 1 heterocycles. The number of benzene rings is 2. The Morgan fingerprint density at radius 2 is 1.59 bits per heavy atom. The van der Waals surface area contributed by atoms with E-state index >= 15 is 0 Å². The van der Waals surface area contributed by atoms with Gasteiger partial charge in [-0.05, 0) is 49.2 Å². The van der Waals surface area contributed by atoms with E-state index in [1.54, 1.807) is 32.2 Å². The average Bonchev–Trinajstić information content (AvgIpc) is 2.66. The van der Waals surface area contributed by atoms with Crippen LogP contribution in [0.4, 0.5) is 5.69 Å². The topological polar surface area (TPSA) is 90.4 Å². The Kier molecular flexibility index (Phi) is 5.27. The Morgan fingerprint density at radius 1 is 0.926 bits per heavy atom. The molecule has 0 atom stereocenters. The second-order valence-electron chi connectivity index (χ2n) is 5.79. The maximum Gasteiger partial charge on any atom is 0.322 e. The summed E-state index contributed by atoms with van der Waals surface area (Å²) in [5.41, 5.74) is 1.62. The third kappa shape index (κ3) is 4.17. The van der Waals surface area contributed by atoms with Crippen molar-refractivity contribution in [3.8, 4) is 17.5 Å². The van der Waals surface area contributed by atoms with Gasteiger partial charge in [0.2, 0.25) is 0 Å². The van der Waals surface area contributed by atoms with Crippen LogP contribution in [0.2, 0.25) is 0 Å².